The SMILES string of the molecule is CCN1CCN(C2(c3ccc(C=NO)cc3)NC=Cc3ccccc32)CC1. The van der Waals surface area contributed by atoms with Gasteiger partial charge in [0.2, 0.25) is 0 Å². The normalized spacial score (nSPS) is 23.3. The molecule has 2 aromatic rings. The molecule has 0 spiro atoms. The Kier molecular flexibility index (Phi) is 4.97. The maximum atomic E-state index is 8.81. The molecule has 2 heterocycles. The lowest BCUT2D eigenvalue weighted by atomic mass is 9.83. The van der Waals surface area contributed by atoms with Crippen molar-refractivity contribution in [3.63, 3.8) is 0 Å². The van der Waals surface area contributed by atoms with Crippen LogP contribution in [0.5, 0.6) is 0 Å². The van der Waals surface area contributed by atoms with Gasteiger partial charge in [-0.05, 0) is 35.5 Å². The largest absolute Gasteiger partial charge is 0.411 e. The van der Waals surface area contributed by atoms with Crippen LogP contribution in [0.25, 0.3) is 6.08 Å². The van der Waals surface area contributed by atoms with Crippen molar-refractivity contribution in [1.29, 1.82) is 0 Å². The fraction of sp³-hybridized carbons (Fsp3) is 0.318. The third-order valence-electron chi connectivity index (χ3n) is 5.73. The second-order valence-corrected chi connectivity index (χ2v) is 7.06. The molecule has 0 aliphatic carbocycles. The number of oxime groups is 1. The molecular weight excluding hydrogens is 336 g/mol. The van der Waals surface area contributed by atoms with Gasteiger partial charge in [0.1, 0.15) is 5.66 Å². The Hall–Kier alpha value is -2.63. The van der Waals surface area contributed by atoms with E-state index in [2.05, 4.69) is 75.9 Å². The summed E-state index contributed by atoms with van der Waals surface area (Å²) in [6, 6.07) is 16.9. The Morgan fingerprint density at radius 1 is 1.07 bits per heavy atom. The quantitative estimate of drug-likeness (QED) is 0.499. The molecule has 1 atom stereocenters. The molecule has 2 aliphatic heterocycles. The molecule has 1 fully saturated rings. The van der Waals surface area contributed by atoms with Crippen LogP contribution in [0.1, 0.15) is 29.2 Å². The van der Waals surface area contributed by atoms with Gasteiger partial charge in [0.25, 0.3) is 0 Å². The lowest BCUT2D eigenvalue weighted by molar-refractivity contribution is 0.0411. The Bertz CT molecular complexity index is 838. The minimum absolute atomic E-state index is 0.389. The molecular formula is C22H26N4O. The third-order valence-corrected chi connectivity index (χ3v) is 5.73. The first-order chi connectivity index (χ1) is 13.3. The molecule has 0 amide bonds. The van der Waals surface area contributed by atoms with E-state index in [-0.39, 0.29) is 5.66 Å². The van der Waals surface area contributed by atoms with E-state index in [9.17, 15) is 0 Å². The summed E-state index contributed by atoms with van der Waals surface area (Å²) in [4.78, 5) is 5.05. The van der Waals surface area contributed by atoms with Crippen molar-refractivity contribution in [2.75, 3.05) is 32.7 Å². The molecule has 2 aliphatic rings. The highest BCUT2D eigenvalue weighted by Gasteiger charge is 2.43. The Labute approximate surface area is 160 Å². The minimum Gasteiger partial charge on any atom is -0.411 e. The lowest BCUT2D eigenvalue weighted by Crippen LogP contribution is -2.61. The van der Waals surface area contributed by atoms with Crippen molar-refractivity contribution in [3.8, 4) is 0 Å². The fourth-order valence-corrected chi connectivity index (χ4v) is 4.26. The van der Waals surface area contributed by atoms with Gasteiger partial charge in [0, 0.05) is 31.7 Å². The number of rotatable bonds is 4. The highest BCUT2D eigenvalue weighted by Crippen LogP contribution is 2.39. The zero-order chi connectivity index (χ0) is 18.7. The summed E-state index contributed by atoms with van der Waals surface area (Å²) in [6.45, 7) is 7.47. The van der Waals surface area contributed by atoms with E-state index in [1.54, 1.807) is 0 Å². The topological polar surface area (TPSA) is 51.1 Å². The molecule has 1 unspecified atom stereocenters. The monoisotopic (exact) mass is 362 g/mol. The van der Waals surface area contributed by atoms with Gasteiger partial charge in [-0.1, -0.05) is 60.6 Å². The van der Waals surface area contributed by atoms with Crippen LogP contribution < -0.4 is 5.32 Å². The number of hydrogen-bond acceptors (Lipinski definition) is 5. The van der Waals surface area contributed by atoms with Crippen LogP contribution in [-0.4, -0.2) is 53.9 Å². The summed E-state index contributed by atoms with van der Waals surface area (Å²) in [6.07, 6.45) is 5.67. The molecule has 1 saturated heterocycles. The highest BCUT2D eigenvalue weighted by atomic mass is 16.4. The zero-order valence-electron chi connectivity index (χ0n) is 15.7. The van der Waals surface area contributed by atoms with Gasteiger partial charge in [-0.25, -0.2) is 0 Å². The Morgan fingerprint density at radius 2 is 1.81 bits per heavy atom. The summed E-state index contributed by atoms with van der Waals surface area (Å²) in [5.74, 6) is 0. The maximum Gasteiger partial charge on any atom is 0.144 e. The van der Waals surface area contributed by atoms with Crippen LogP contribution in [-0.2, 0) is 5.66 Å². The molecule has 2 N–H and O–H groups in total. The Balaban J connectivity index is 1.80. The van der Waals surface area contributed by atoms with E-state index in [0.29, 0.717) is 0 Å². The number of hydrogen-bond donors (Lipinski definition) is 2. The number of fused-ring (bicyclic) bond motifs is 1. The van der Waals surface area contributed by atoms with Crippen LogP contribution in [0, 0.1) is 0 Å². The van der Waals surface area contributed by atoms with Gasteiger partial charge in [0.15, 0.2) is 0 Å². The lowest BCUT2D eigenvalue weighted by Gasteiger charge is -2.50. The van der Waals surface area contributed by atoms with Gasteiger partial charge < -0.3 is 15.4 Å². The molecule has 0 radical (unpaired) electrons. The van der Waals surface area contributed by atoms with Crippen LogP contribution in [0.2, 0.25) is 0 Å². The van der Waals surface area contributed by atoms with Crippen LogP contribution >= 0.6 is 0 Å². The van der Waals surface area contributed by atoms with Gasteiger partial charge in [0.05, 0.1) is 6.21 Å². The molecule has 5 heteroatoms. The van der Waals surface area contributed by atoms with E-state index in [1.807, 2.05) is 12.1 Å². The molecule has 0 bridgehead atoms. The molecule has 0 aromatic heterocycles. The van der Waals surface area contributed by atoms with Gasteiger partial charge in [-0.15, -0.1) is 0 Å². The molecule has 0 saturated carbocycles. The Morgan fingerprint density at radius 3 is 2.52 bits per heavy atom. The van der Waals surface area contributed by atoms with E-state index in [4.69, 9.17) is 5.21 Å². The van der Waals surface area contributed by atoms with Crippen molar-refractivity contribution in [1.82, 2.24) is 15.1 Å². The molecule has 5 nitrogen and oxygen atoms in total. The number of piperazine rings is 1. The summed E-state index contributed by atoms with van der Waals surface area (Å²) in [5, 5.41) is 15.6. The maximum absolute atomic E-state index is 8.81. The first-order valence-electron chi connectivity index (χ1n) is 9.57. The van der Waals surface area contributed by atoms with Crippen LogP contribution in [0.3, 0.4) is 0 Å². The number of nitrogens with zero attached hydrogens (tertiary/aromatic N) is 3. The van der Waals surface area contributed by atoms with Gasteiger partial charge in [-0.2, -0.15) is 0 Å². The number of benzene rings is 2. The average Bonchev–Trinajstić information content (AvgIpc) is 2.74. The van der Waals surface area contributed by atoms with Gasteiger partial charge >= 0.3 is 0 Å². The van der Waals surface area contributed by atoms with E-state index < -0.39 is 0 Å². The van der Waals surface area contributed by atoms with Crippen molar-refractivity contribution in [2.45, 2.75) is 12.6 Å². The molecule has 2 aromatic carbocycles. The molecule has 140 valence electrons. The predicted octanol–water partition coefficient (Wildman–Crippen LogP) is 2.91. The summed E-state index contributed by atoms with van der Waals surface area (Å²) in [7, 11) is 0. The second-order valence-electron chi connectivity index (χ2n) is 7.06. The standard InChI is InChI=1S/C22H26N4O/c1-2-25-13-15-26(16-14-25)22(20-9-7-18(8-10-20)17-24-27)21-6-4-3-5-19(21)11-12-23-22/h3-12,17,23,27H,2,13-16H2,1H3. The van der Waals surface area contributed by atoms with E-state index >= 15 is 0 Å². The first-order valence-corrected chi connectivity index (χ1v) is 9.57. The van der Waals surface area contributed by atoms with Crippen molar-refractivity contribution < 1.29 is 5.21 Å². The minimum atomic E-state index is -0.389. The predicted molar refractivity (Wildman–Crippen MR) is 109 cm³/mol. The van der Waals surface area contributed by atoms with E-state index in [0.717, 1.165) is 38.3 Å². The zero-order valence-corrected chi connectivity index (χ0v) is 15.7. The van der Waals surface area contributed by atoms with Gasteiger partial charge in [-0.3, -0.25) is 4.90 Å². The van der Waals surface area contributed by atoms with Crippen LogP contribution in [0.15, 0.2) is 59.9 Å². The first kappa shape index (κ1) is 17.8. The average molecular weight is 362 g/mol. The molecule has 27 heavy (non-hydrogen) atoms. The number of likely N-dealkylation sites (N-methyl/N-ethyl adjacent to an activating group) is 1. The van der Waals surface area contributed by atoms with E-state index in [1.165, 1.54) is 22.9 Å². The third kappa shape index (κ3) is 3.13. The van der Waals surface area contributed by atoms with Crippen molar-refractivity contribution >= 4 is 12.3 Å². The smallest absolute Gasteiger partial charge is 0.144 e. The summed E-state index contributed by atoms with van der Waals surface area (Å²) >= 11 is 0. The fourth-order valence-electron chi connectivity index (χ4n) is 4.26. The second kappa shape index (κ2) is 7.55. The summed E-state index contributed by atoms with van der Waals surface area (Å²) in [5.41, 5.74) is 4.21. The van der Waals surface area contributed by atoms with Crippen molar-refractivity contribution in [3.05, 3.63) is 77.0 Å². The highest BCUT2D eigenvalue weighted by molar-refractivity contribution is 5.79. The molecule has 4 rings (SSSR count). The summed E-state index contributed by atoms with van der Waals surface area (Å²) < 4.78 is 0. The number of nitrogens with one attached hydrogen (secondary N) is 1. The van der Waals surface area contributed by atoms with Crippen LogP contribution in [0.4, 0.5) is 0 Å². The van der Waals surface area contributed by atoms with Crippen molar-refractivity contribution in [2.24, 2.45) is 5.16 Å².